The Balaban J connectivity index is 0.000000461. The van der Waals surface area contributed by atoms with Crippen LogP contribution < -0.4 is 5.32 Å². The number of hydrogen-bond acceptors (Lipinski definition) is 2. The second-order valence-corrected chi connectivity index (χ2v) is 2.03. The molecule has 0 saturated heterocycles. The maximum Gasteiger partial charge on any atom is 0.0549 e. The third-order valence-electron chi connectivity index (χ3n) is 1.47. The van der Waals surface area contributed by atoms with E-state index in [4.69, 9.17) is 5.41 Å². The molecule has 0 aromatic heterocycles. The van der Waals surface area contributed by atoms with Crippen LogP contribution in [0, 0.1) is 11.3 Å². The van der Waals surface area contributed by atoms with Crippen molar-refractivity contribution in [2.45, 2.75) is 19.9 Å². The molecule has 0 spiro atoms. The standard InChI is InChI=1S/C7H10N2.C2H6/c1-2-7-6(5-8)3-4-9-7;1-2/h2-9H,1H2;1-2H3. The third kappa shape index (κ3) is 2.58. The highest BCUT2D eigenvalue weighted by atomic mass is 14.9. The van der Waals surface area contributed by atoms with E-state index in [1.54, 1.807) is 0 Å². The van der Waals surface area contributed by atoms with E-state index in [0.717, 1.165) is 0 Å². The minimum atomic E-state index is 0.211. The molecule has 2 heteroatoms. The van der Waals surface area contributed by atoms with Crippen LogP contribution in [0.1, 0.15) is 13.8 Å². The van der Waals surface area contributed by atoms with E-state index in [9.17, 15) is 0 Å². The molecular formula is C9H16N2. The van der Waals surface area contributed by atoms with Crippen molar-refractivity contribution in [3.05, 3.63) is 24.9 Å². The van der Waals surface area contributed by atoms with Crippen molar-refractivity contribution < 1.29 is 0 Å². The first kappa shape index (κ1) is 9.95. The van der Waals surface area contributed by atoms with Crippen LogP contribution in [0.5, 0.6) is 0 Å². The van der Waals surface area contributed by atoms with Gasteiger partial charge in [0, 0.05) is 12.1 Å². The van der Waals surface area contributed by atoms with Crippen LogP contribution in [0.15, 0.2) is 24.9 Å². The molecule has 0 aromatic rings. The molecule has 2 nitrogen and oxygen atoms in total. The smallest absolute Gasteiger partial charge is 0.0549 e. The van der Waals surface area contributed by atoms with Gasteiger partial charge in [0.25, 0.3) is 0 Å². The molecule has 0 saturated carbocycles. The van der Waals surface area contributed by atoms with E-state index in [-0.39, 0.29) is 12.0 Å². The first-order valence-electron chi connectivity index (χ1n) is 3.94. The molecular weight excluding hydrogens is 136 g/mol. The molecule has 0 radical (unpaired) electrons. The molecule has 0 amide bonds. The predicted octanol–water partition coefficient (Wildman–Crippen LogP) is 1.95. The molecule has 11 heavy (non-hydrogen) atoms. The van der Waals surface area contributed by atoms with E-state index >= 15 is 0 Å². The SMILES string of the molecule is C=CC1NC=CC1C=N.CC. The van der Waals surface area contributed by atoms with Crippen molar-refractivity contribution >= 4 is 6.21 Å². The quantitative estimate of drug-likeness (QED) is 0.460. The largest absolute Gasteiger partial charge is 0.384 e. The molecule has 2 unspecified atom stereocenters. The summed E-state index contributed by atoms with van der Waals surface area (Å²) in [5, 5.41) is 10.0. The molecule has 0 fully saturated rings. The van der Waals surface area contributed by atoms with Gasteiger partial charge >= 0.3 is 0 Å². The highest BCUT2D eigenvalue weighted by molar-refractivity contribution is 5.62. The van der Waals surface area contributed by atoms with Crippen LogP contribution in [0.4, 0.5) is 0 Å². The van der Waals surface area contributed by atoms with Crippen molar-refractivity contribution in [3.8, 4) is 0 Å². The fourth-order valence-electron chi connectivity index (χ4n) is 0.893. The molecule has 2 N–H and O–H groups in total. The van der Waals surface area contributed by atoms with Gasteiger partial charge in [-0.2, -0.15) is 0 Å². The van der Waals surface area contributed by atoms with Gasteiger partial charge in [-0.3, -0.25) is 0 Å². The van der Waals surface area contributed by atoms with Crippen LogP contribution in [-0.2, 0) is 0 Å². The van der Waals surface area contributed by atoms with Gasteiger partial charge in [0.05, 0.1) is 6.04 Å². The summed E-state index contributed by atoms with van der Waals surface area (Å²) in [5.41, 5.74) is 0. The van der Waals surface area contributed by atoms with Crippen molar-refractivity contribution in [2.75, 3.05) is 0 Å². The van der Waals surface area contributed by atoms with Crippen LogP contribution in [-0.4, -0.2) is 12.3 Å². The normalized spacial score (nSPS) is 26.4. The molecule has 0 bridgehead atoms. The fraction of sp³-hybridized carbons (Fsp3) is 0.444. The van der Waals surface area contributed by atoms with Crippen molar-refractivity contribution in [3.63, 3.8) is 0 Å². The molecule has 0 aliphatic carbocycles. The number of hydrogen-bond donors (Lipinski definition) is 2. The Morgan fingerprint density at radius 2 is 2.18 bits per heavy atom. The fourth-order valence-corrected chi connectivity index (χ4v) is 0.893. The molecule has 1 rings (SSSR count). The Morgan fingerprint density at radius 3 is 2.55 bits per heavy atom. The monoisotopic (exact) mass is 152 g/mol. The van der Waals surface area contributed by atoms with Crippen LogP contribution in [0.25, 0.3) is 0 Å². The Kier molecular flexibility index (Phi) is 5.17. The molecule has 1 aliphatic heterocycles. The minimum absolute atomic E-state index is 0.211. The predicted molar refractivity (Wildman–Crippen MR) is 49.9 cm³/mol. The summed E-state index contributed by atoms with van der Waals surface area (Å²) in [6.07, 6.45) is 7.06. The summed E-state index contributed by atoms with van der Waals surface area (Å²) in [4.78, 5) is 0. The Hall–Kier alpha value is -1.05. The summed E-state index contributed by atoms with van der Waals surface area (Å²) in [6.45, 7) is 7.64. The van der Waals surface area contributed by atoms with Crippen molar-refractivity contribution in [1.82, 2.24) is 5.32 Å². The summed E-state index contributed by atoms with van der Waals surface area (Å²) in [7, 11) is 0. The zero-order valence-electron chi connectivity index (χ0n) is 7.17. The van der Waals surface area contributed by atoms with E-state index in [1.807, 2.05) is 32.2 Å². The first-order chi connectivity index (χ1) is 5.38. The maximum atomic E-state index is 6.97. The molecule has 0 aromatic carbocycles. The highest BCUT2D eigenvalue weighted by Crippen LogP contribution is 2.09. The number of nitrogens with one attached hydrogen (secondary N) is 2. The van der Waals surface area contributed by atoms with Crippen LogP contribution in [0.3, 0.4) is 0 Å². The highest BCUT2D eigenvalue weighted by Gasteiger charge is 2.15. The zero-order chi connectivity index (χ0) is 8.69. The topological polar surface area (TPSA) is 35.9 Å². The van der Waals surface area contributed by atoms with Gasteiger partial charge in [-0.05, 0) is 6.20 Å². The summed E-state index contributed by atoms with van der Waals surface area (Å²) in [6, 6.07) is 0.238. The Morgan fingerprint density at radius 1 is 1.55 bits per heavy atom. The first-order valence-corrected chi connectivity index (χ1v) is 3.94. The van der Waals surface area contributed by atoms with Crippen molar-refractivity contribution in [1.29, 1.82) is 5.41 Å². The van der Waals surface area contributed by atoms with E-state index in [1.165, 1.54) is 6.21 Å². The lowest BCUT2D eigenvalue weighted by molar-refractivity contribution is 0.690. The molecule has 1 aliphatic rings. The summed E-state index contributed by atoms with van der Waals surface area (Å²) >= 11 is 0. The van der Waals surface area contributed by atoms with Gasteiger partial charge in [-0.1, -0.05) is 26.0 Å². The Labute approximate surface area is 68.5 Å². The van der Waals surface area contributed by atoms with Gasteiger partial charge < -0.3 is 10.7 Å². The van der Waals surface area contributed by atoms with E-state index in [0.29, 0.717) is 0 Å². The van der Waals surface area contributed by atoms with E-state index in [2.05, 4.69) is 11.9 Å². The van der Waals surface area contributed by atoms with Crippen molar-refractivity contribution in [2.24, 2.45) is 5.92 Å². The van der Waals surface area contributed by atoms with Gasteiger partial charge in [-0.25, -0.2) is 0 Å². The maximum absolute atomic E-state index is 6.97. The lowest BCUT2D eigenvalue weighted by Gasteiger charge is -2.09. The van der Waals surface area contributed by atoms with Crippen LogP contribution in [0.2, 0.25) is 0 Å². The minimum Gasteiger partial charge on any atom is -0.384 e. The van der Waals surface area contributed by atoms with Gasteiger partial charge in [0.1, 0.15) is 0 Å². The Bertz CT molecular complexity index is 150. The lowest BCUT2D eigenvalue weighted by atomic mass is 10.1. The van der Waals surface area contributed by atoms with Gasteiger partial charge in [-0.15, -0.1) is 6.58 Å². The van der Waals surface area contributed by atoms with E-state index < -0.39 is 0 Å². The second-order valence-electron chi connectivity index (χ2n) is 2.03. The number of rotatable bonds is 2. The van der Waals surface area contributed by atoms with Gasteiger partial charge in [0.15, 0.2) is 0 Å². The molecule has 62 valence electrons. The van der Waals surface area contributed by atoms with Gasteiger partial charge in [0.2, 0.25) is 0 Å². The lowest BCUT2D eigenvalue weighted by Crippen LogP contribution is -2.24. The summed E-state index contributed by atoms with van der Waals surface area (Å²) < 4.78 is 0. The average Bonchev–Trinajstić information content (AvgIpc) is 2.54. The molecule has 1 heterocycles. The van der Waals surface area contributed by atoms with Crippen LogP contribution >= 0.6 is 0 Å². The molecule has 2 atom stereocenters. The second kappa shape index (κ2) is 5.71. The third-order valence-corrected chi connectivity index (χ3v) is 1.47. The zero-order valence-corrected chi connectivity index (χ0v) is 7.17. The summed E-state index contributed by atoms with van der Waals surface area (Å²) in [5.74, 6) is 0.211. The average molecular weight is 152 g/mol.